The van der Waals surface area contributed by atoms with E-state index in [0.717, 1.165) is 25.7 Å². The number of amides is 1. The summed E-state index contributed by atoms with van der Waals surface area (Å²) in [4.78, 5) is 11.9. The third kappa shape index (κ3) is 3.67. The summed E-state index contributed by atoms with van der Waals surface area (Å²) < 4.78 is 13.0. The molecule has 1 saturated carbocycles. The molecule has 2 rings (SSSR count). The molecule has 0 radical (unpaired) electrons. The first-order valence-corrected chi connectivity index (χ1v) is 6.87. The molecule has 0 aromatic heterocycles. The van der Waals surface area contributed by atoms with Gasteiger partial charge in [-0.2, -0.15) is 0 Å². The molecule has 0 bridgehead atoms. The number of nitrogens with one attached hydrogen (secondary N) is 1. The van der Waals surface area contributed by atoms with Crippen molar-refractivity contribution in [1.82, 2.24) is 5.32 Å². The Kier molecular flexibility index (Phi) is 4.77. The number of aliphatic hydroxyl groups is 1. The SMILES string of the molecule is O=C(NCC1CCCCC1O)c1ccc(F)c(Cl)c1. The molecule has 1 aromatic rings. The first-order chi connectivity index (χ1) is 9.08. The smallest absolute Gasteiger partial charge is 0.251 e. The van der Waals surface area contributed by atoms with E-state index in [2.05, 4.69) is 5.32 Å². The normalized spacial score (nSPS) is 23.1. The summed E-state index contributed by atoms with van der Waals surface area (Å²) in [5, 5.41) is 12.5. The number of aliphatic hydroxyl groups excluding tert-OH is 1. The van der Waals surface area contributed by atoms with Crippen molar-refractivity contribution >= 4 is 17.5 Å². The average molecular weight is 286 g/mol. The lowest BCUT2D eigenvalue weighted by atomic mass is 9.86. The van der Waals surface area contributed by atoms with Gasteiger partial charge in [-0.15, -0.1) is 0 Å². The van der Waals surface area contributed by atoms with E-state index >= 15 is 0 Å². The van der Waals surface area contributed by atoms with Gasteiger partial charge in [-0.25, -0.2) is 4.39 Å². The second-order valence-electron chi connectivity index (χ2n) is 4.95. The molecular formula is C14H17ClFNO2. The molecule has 1 aromatic carbocycles. The van der Waals surface area contributed by atoms with E-state index in [1.807, 2.05) is 0 Å². The molecule has 1 fully saturated rings. The zero-order chi connectivity index (χ0) is 13.8. The number of hydrogen-bond acceptors (Lipinski definition) is 2. The fourth-order valence-electron chi connectivity index (χ4n) is 2.39. The van der Waals surface area contributed by atoms with Gasteiger partial charge in [0, 0.05) is 18.0 Å². The predicted molar refractivity (Wildman–Crippen MR) is 71.7 cm³/mol. The summed E-state index contributed by atoms with van der Waals surface area (Å²) in [7, 11) is 0. The Morgan fingerprint density at radius 3 is 2.84 bits per heavy atom. The van der Waals surface area contributed by atoms with E-state index in [4.69, 9.17) is 11.6 Å². The minimum absolute atomic E-state index is 0.0645. The molecule has 2 N–H and O–H groups in total. The molecule has 3 nitrogen and oxygen atoms in total. The van der Waals surface area contributed by atoms with Gasteiger partial charge in [-0.05, 0) is 31.0 Å². The Morgan fingerprint density at radius 1 is 1.42 bits per heavy atom. The zero-order valence-electron chi connectivity index (χ0n) is 10.5. The monoisotopic (exact) mass is 285 g/mol. The van der Waals surface area contributed by atoms with E-state index < -0.39 is 5.82 Å². The second-order valence-corrected chi connectivity index (χ2v) is 5.36. The molecule has 1 aliphatic rings. The van der Waals surface area contributed by atoms with Gasteiger partial charge in [0.25, 0.3) is 5.91 Å². The van der Waals surface area contributed by atoms with Crippen LogP contribution < -0.4 is 5.32 Å². The molecule has 19 heavy (non-hydrogen) atoms. The van der Waals surface area contributed by atoms with Crippen molar-refractivity contribution in [3.63, 3.8) is 0 Å². The van der Waals surface area contributed by atoms with Crippen LogP contribution in [0.2, 0.25) is 5.02 Å². The minimum Gasteiger partial charge on any atom is -0.393 e. The maximum absolute atomic E-state index is 13.0. The van der Waals surface area contributed by atoms with Crippen molar-refractivity contribution in [3.05, 3.63) is 34.6 Å². The minimum atomic E-state index is -0.541. The number of halogens is 2. The van der Waals surface area contributed by atoms with Gasteiger partial charge in [0.2, 0.25) is 0 Å². The third-order valence-electron chi connectivity index (χ3n) is 3.58. The lowest BCUT2D eigenvalue weighted by Gasteiger charge is -2.27. The number of carbonyl (C=O) groups excluding carboxylic acids is 1. The van der Waals surface area contributed by atoms with Gasteiger partial charge in [-0.3, -0.25) is 4.79 Å². The zero-order valence-corrected chi connectivity index (χ0v) is 11.3. The first-order valence-electron chi connectivity index (χ1n) is 6.49. The van der Waals surface area contributed by atoms with Crippen LogP contribution in [-0.4, -0.2) is 23.7 Å². The van der Waals surface area contributed by atoms with Crippen LogP contribution in [0.15, 0.2) is 18.2 Å². The third-order valence-corrected chi connectivity index (χ3v) is 3.87. The first kappa shape index (κ1) is 14.3. The summed E-state index contributed by atoms with van der Waals surface area (Å²) in [6, 6.07) is 3.88. The summed E-state index contributed by atoms with van der Waals surface area (Å²) >= 11 is 5.63. The van der Waals surface area contributed by atoms with E-state index in [1.165, 1.54) is 18.2 Å². The van der Waals surface area contributed by atoms with Gasteiger partial charge in [-0.1, -0.05) is 24.4 Å². The molecule has 5 heteroatoms. The Bertz CT molecular complexity index is 467. The van der Waals surface area contributed by atoms with E-state index in [9.17, 15) is 14.3 Å². The molecule has 0 aliphatic heterocycles. The highest BCUT2D eigenvalue weighted by Crippen LogP contribution is 2.23. The molecule has 2 atom stereocenters. The molecule has 0 spiro atoms. The van der Waals surface area contributed by atoms with E-state index in [-0.39, 0.29) is 23.0 Å². The second kappa shape index (κ2) is 6.35. The molecular weight excluding hydrogens is 269 g/mol. The molecule has 0 heterocycles. The van der Waals surface area contributed by atoms with Gasteiger partial charge in [0.1, 0.15) is 5.82 Å². The van der Waals surface area contributed by atoms with Crippen molar-refractivity contribution < 1.29 is 14.3 Å². The highest BCUT2D eigenvalue weighted by atomic mass is 35.5. The molecule has 0 saturated heterocycles. The van der Waals surface area contributed by atoms with Crippen LogP contribution in [0.4, 0.5) is 4.39 Å². The van der Waals surface area contributed by atoms with Crippen LogP contribution in [0.25, 0.3) is 0 Å². The number of rotatable bonds is 3. The fraction of sp³-hybridized carbons (Fsp3) is 0.500. The Balaban J connectivity index is 1.91. The summed E-state index contributed by atoms with van der Waals surface area (Å²) in [5.41, 5.74) is 0.330. The molecule has 1 aliphatic carbocycles. The van der Waals surface area contributed by atoms with Crippen molar-refractivity contribution in [2.75, 3.05) is 6.54 Å². The summed E-state index contributed by atoms with van der Waals surface area (Å²) in [6.45, 7) is 0.439. The van der Waals surface area contributed by atoms with Gasteiger partial charge in [0.15, 0.2) is 0 Å². The summed E-state index contributed by atoms with van der Waals surface area (Å²) in [5.74, 6) is -0.728. The van der Waals surface area contributed by atoms with Crippen molar-refractivity contribution in [1.29, 1.82) is 0 Å². The maximum atomic E-state index is 13.0. The highest BCUT2D eigenvalue weighted by Gasteiger charge is 2.23. The van der Waals surface area contributed by atoms with Crippen LogP contribution in [0, 0.1) is 11.7 Å². The molecule has 104 valence electrons. The quantitative estimate of drug-likeness (QED) is 0.897. The van der Waals surface area contributed by atoms with Crippen molar-refractivity contribution in [2.45, 2.75) is 31.8 Å². The average Bonchev–Trinajstić information content (AvgIpc) is 2.40. The Morgan fingerprint density at radius 2 is 2.16 bits per heavy atom. The topological polar surface area (TPSA) is 49.3 Å². The lowest BCUT2D eigenvalue weighted by Crippen LogP contribution is -2.36. The molecule has 1 amide bonds. The number of benzene rings is 1. The number of carbonyl (C=O) groups is 1. The maximum Gasteiger partial charge on any atom is 0.251 e. The van der Waals surface area contributed by atoms with E-state index in [1.54, 1.807) is 0 Å². The standard InChI is InChI=1S/C14H17ClFNO2/c15-11-7-9(5-6-12(11)16)14(19)17-8-10-3-1-2-4-13(10)18/h5-7,10,13,18H,1-4,8H2,(H,17,19). The van der Waals surface area contributed by atoms with Crippen LogP contribution >= 0.6 is 11.6 Å². The summed E-state index contributed by atoms with van der Waals surface area (Å²) in [6.07, 6.45) is 3.50. The van der Waals surface area contributed by atoms with Crippen molar-refractivity contribution in [2.24, 2.45) is 5.92 Å². The van der Waals surface area contributed by atoms with Crippen LogP contribution in [0.1, 0.15) is 36.0 Å². The van der Waals surface area contributed by atoms with Gasteiger partial charge in [0.05, 0.1) is 11.1 Å². The van der Waals surface area contributed by atoms with Crippen LogP contribution in [0.3, 0.4) is 0 Å². The largest absolute Gasteiger partial charge is 0.393 e. The Hall–Kier alpha value is -1.13. The van der Waals surface area contributed by atoms with E-state index in [0.29, 0.717) is 12.1 Å². The van der Waals surface area contributed by atoms with Gasteiger partial charge >= 0.3 is 0 Å². The Labute approximate surface area is 116 Å². The van der Waals surface area contributed by atoms with Crippen LogP contribution in [0.5, 0.6) is 0 Å². The highest BCUT2D eigenvalue weighted by molar-refractivity contribution is 6.31. The predicted octanol–water partition coefficient (Wildman–Crippen LogP) is 2.76. The number of hydrogen-bond donors (Lipinski definition) is 2. The fourth-order valence-corrected chi connectivity index (χ4v) is 2.57. The lowest BCUT2D eigenvalue weighted by molar-refractivity contribution is 0.0663. The van der Waals surface area contributed by atoms with Crippen molar-refractivity contribution in [3.8, 4) is 0 Å². The molecule has 2 unspecified atom stereocenters. The van der Waals surface area contributed by atoms with Crippen LogP contribution in [-0.2, 0) is 0 Å². The van der Waals surface area contributed by atoms with Gasteiger partial charge < -0.3 is 10.4 Å².